The fourth-order valence-corrected chi connectivity index (χ4v) is 6.57. The number of nitrogens with one attached hydrogen (secondary N) is 2. The number of benzene rings is 3. The zero-order valence-corrected chi connectivity index (χ0v) is 24.2. The molecule has 1 fully saturated rings. The maximum atomic E-state index is 12.6. The number of alkyl halides is 1. The van der Waals surface area contributed by atoms with E-state index in [1.54, 1.807) is 12.1 Å². The predicted octanol–water partition coefficient (Wildman–Crippen LogP) is 7.78. The predicted molar refractivity (Wildman–Crippen MR) is 165 cm³/mol. The normalized spacial score (nSPS) is 17.5. The molecule has 2 heterocycles. The molecule has 2 N–H and O–H groups in total. The van der Waals surface area contributed by atoms with Gasteiger partial charge in [0.2, 0.25) is 0 Å². The van der Waals surface area contributed by atoms with Gasteiger partial charge in [-0.15, -0.1) is 0 Å². The zero-order valence-electron chi connectivity index (χ0n) is 22.7. The molecule has 0 radical (unpaired) electrons. The Morgan fingerprint density at radius 1 is 0.927 bits per heavy atom. The number of H-pyrrole nitrogens is 2. The Labute approximate surface area is 248 Å². The number of likely N-dealkylation sites (tertiary alicyclic amines) is 1. The van der Waals surface area contributed by atoms with Crippen LogP contribution in [0.1, 0.15) is 47.9 Å². The topological polar surface area (TPSA) is 61.1 Å². The van der Waals surface area contributed by atoms with E-state index in [1.807, 2.05) is 24.3 Å². The van der Waals surface area contributed by atoms with Crippen molar-refractivity contribution in [2.24, 2.45) is 0 Å². The van der Waals surface area contributed by atoms with Crippen LogP contribution in [0.5, 0.6) is 5.75 Å². The summed E-state index contributed by atoms with van der Waals surface area (Å²) in [5.74, 6) is 0.832. The molecule has 1 aliphatic carbocycles. The lowest BCUT2D eigenvalue weighted by atomic mass is 9.87. The van der Waals surface area contributed by atoms with Crippen LogP contribution in [0.15, 0.2) is 71.5 Å². The quantitative estimate of drug-likeness (QED) is 0.220. The molecule has 0 saturated carbocycles. The first-order valence-corrected chi connectivity index (χ1v) is 14.9. The SMILES string of the molecule is O=c1cc(-c2ccc3c(c2)CCCC(c2ccc(Cl)cc2Cl)=C3c2ccc(OC3CCN(CCCF)C3)cc2)[nH][nH]1. The zero-order chi connectivity index (χ0) is 28.3. The molecule has 4 aromatic rings. The first-order chi connectivity index (χ1) is 20.0. The second kappa shape index (κ2) is 12.3. The van der Waals surface area contributed by atoms with Crippen molar-refractivity contribution < 1.29 is 9.13 Å². The Balaban J connectivity index is 1.37. The lowest BCUT2D eigenvalue weighted by Gasteiger charge is -2.19. The van der Waals surface area contributed by atoms with Crippen molar-refractivity contribution in [2.45, 2.75) is 38.2 Å². The third-order valence-corrected chi connectivity index (χ3v) is 8.54. The standard InChI is InChI=1S/C33H32Cl2FN3O2/c34-24-8-12-28(30(35)18-24)29-4-1-3-22-17-23(31-19-32(40)38-37-31)7-11-27(22)33(29)21-5-9-25(10-6-21)41-26-13-16-39(20-26)15-2-14-36/h5-12,17-19,26H,1-4,13-16,20H2,(H2,37,38,40). The molecular weight excluding hydrogens is 560 g/mol. The maximum Gasteiger partial charge on any atom is 0.264 e. The molecule has 1 aromatic heterocycles. The summed E-state index contributed by atoms with van der Waals surface area (Å²) in [6, 6.07) is 22.0. The Kier molecular flexibility index (Phi) is 8.33. The largest absolute Gasteiger partial charge is 0.489 e. The van der Waals surface area contributed by atoms with Crippen LogP contribution in [-0.4, -0.2) is 47.5 Å². The molecule has 0 bridgehead atoms. The average molecular weight is 593 g/mol. The molecule has 41 heavy (non-hydrogen) atoms. The molecule has 3 aromatic carbocycles. The summed E-state index contributed by atoms with van der Waals surface area (Å²) in [6.45, 7) is 2.27. The summed E-state index contributed by atoms with van der Waals surface area (Å²) >= 11 is 13.0. The molecule has 212 valence electrons. The van der Waals surface area contributed by atoms with Gasteiger partial charge in [0.1, 0.15) is 11.9 Å². The van der Waals surface area contributed by atoms with Gasteiger partial charge in [-0.1, -0.05) is 53.5 Å². The summed E-state index contributed by atoms with van der Waals surface area (Å²) in [5.41, 5.74) is 8.35. The van der Waals surface area contributed by atoms with Gasteiger partial charge in [-0.2, -0.15) is 0 Å². The Morgan fingerprint density at radius 3 is 2.49 bits per heavy atom. The highest BCUT2D eigenvalue weighted by atomic mass is 35.5. The minimum Gasteiger partial charge on any atom is -0.489 e. The van der Waals surface area contributed by atoms with Crippen LogP contribution in [0.25, 0.3) is 22.4 Å². The number of halogens is 3. The highest BCUT2D eigenvalue weighted by molar-refractivity contribution is 6.36. The van der Waals surface area contributed by atoms with Crippen LogP contribution in [0.2, 0.25) is 10.0 Å². The molecule has 1 unspecified atom stereocenters. The van der Waals surface area contributed by atoms with Crippen molar-refractivity contribution in [3.63, 3.8) is 0 Å². The second-order valence-corrected chi connectivity index (χ2v) is 11.6. The van der Waals surface area contributed by atoms with Gasteiger partial charge in [0.15, 0.2) is 0 Å². The van der Waals surface area contributed by atoms with Gasteiger partial charge >= 0.3 is 0 Å². The number of aromatic amines is 2. The average Bonchev–Trinajstić information content (AvgIpc) is 3.56. The van der Waals surface area contributed by atoms with Crippen LogP contribution >= 0.6 is 23.2 Å². The van der Waals surface area contributed by atoms with Crippen molar-refractivity contribution in [3.05, 3.63) is 109 Å². The minimum absolute atomic E-state index is 0.111. The van der Waals surface area contributed by atoms with E-state index >= 15 is 0 Å². The summed E-state index contributed by atoms with van der Waals surface area (Å²) in [4.78, 5) is 14.0. The van der Waals surface area contributed by atoms with E-state index < -0.39 is 0 Å². The van der Waals surface area contributed by atoms with E-state index in [-0.39, 0.29) is 18.3 Å². The Bertz CT molecular complexity index is 1630. The van der Waals surface area contributed by atoms with Gasteiger partial charge in [0.25, 0.3) is 5.56 Å². The van der Waals surface area contributed by atoms with Crippen molar-refractivity contribution in [2.75, 3.05) is 26.3 Å². The molecule has 0 amide bonds. The van der Waals surface area contributed by atoms with Crippen molar-refractivity contribution in [3.8, 4) is 17.0 Å². The monoisotopic (exact) mass is 591 g/mol. The summed E-state index contributed by atoms with van der Waals surface area (Å²) in [6.07, 6.45) is 4.34. The van der Waals surface area contributed by atoms with E-state index in [0.29, 0.717) is 16.5 Å². The number of hydrogen-bond donors (Lipinski definition) is 2. The molecule has 0 spiro atoms. The molecule has 1 saturated heterocycles. The fourth-order valence-electron chi connectivity index (χ4n) is 6.05. The van der Waals surface area contributed by atoms with E-state index in [0.717, 1.165) is 84.6 Å². The number of allylic oxidation sites excluding steroid dienone is 1. The third kappa shape index (κ3) is 6.15. The second-order valence-electron chi connectivity index (χ2n) is 10.8. The highest BCUT2D eigenvalue weighted by Gasteiger charge is 2.25. The van der Waals surface area contributed by atoms with Gasteiger partial charge in [0, 0.05) is 35.7 Å². The van der Waals surface area contributed by atoms with Crippen LogP contribution in [0.4, 0.5) is 4.39 Å². The van der Waals surface area contributed by atoms with E-state index in [4.69, 9.17) is 27.9 Å². The van der Waals surface area contributed by atoms with E-state index in [1.165, 1.54) is 11.1 Å². The number of nitrogens with zero attached hydrogens (tertiary/aromatic N) is 1. The molecule has 2 aliphatic rings. The number of hydrogen-bond acceptors (Lipinski definition) is 3. The van der Waals surface area contributed by atoms with Gasteiger partial charge in [-0.3, -0.25) is 24.3 Å². The van der Waals surface area contributed by atoms with Crippen LogP contribution < -0.4 is 10.3 Å². The van der Waals surface area contributed by atoms with Crippen molar-refractivity contribution in [1.82, 2.24) is 15.1 Å². The summed E-state index contributed by atoms with van der Waals surface area (Å²) in [5, 5.41) is 6.84. The lowest BCUT2D eigenvalue weighted by molar-refractivity contribution is 0.198. The number of rotatable bonds is 8. The number of fused-ring (bicyclic) bond motifs is 1. The first-order valence-electron chi connectivity index (χ1n) is 14.1. The van der Waals surface area contributed by atoms with Gasteiger partial charge in [0.05, 0.1) is 12.4 Å². The number of ether oxygens (including phenoxy) is 1. The van der Waals surface area contributed by atoms with Gasteiger partial charge < -0.3 is 4.74 Å². The van der Waals surface area contributed by atoms with E-state index in [2.05, 4.69) is 45.4 Å². The third-order valence-electron chi connectivity index (χ3n) is 8.00. The fraction of sp³-hybridized carbons (Fsp3) is 0.303. The van der Waals surface area contributed by atoms with Crippen molar-refractivity contribution in [1.29, 1.82) is 0 Å². The number of aromatic nitrogens is 2. The molecule has 5 nitrogen and oxygen atoms in total. The van der Waals surface area contributed by atoms with Gasteiger partial charge in [-0.25, -0.2) is 0 Å². The van der Waals surface area contributed by atoms with Crippen LogP contribution in [0, 0.1) is 0 Å². The summed E-state index contributed by atoms with van der Waals surface area (Å²) in [7, 11) is 0. The Morgan fingerprint density at radius 2 is 1.73 bits per heavy atom. The summed E-state index contributed by atoms with van der Waals surface area (Å²) < 4.78 is 18.9. The molecule has 8 heteroatoms. The Hall–Kier alpha value is -3.32. The molecule has 6 rings (SSSR count). The van der Waals surface area contributed by atoms with Gasteiger partial charge in [-0.05, 0) is 101 Å². The smallest absolute Gasteiger partial charge is 0.264 e. The minimum atomic E-state index is -0.279. The van der Waals surface area contributed by atoms with Crippen LogP contribution in [0.3, 0.4) is 0 Å². The lowest BCUT2D eigenvalue weighted by Crippen LogP contribution is -2.26. The highest BCUT2D eigenvalue weighted by Crippen LogP contribution is 2.43. The first kappa shape index (κ1) is 27.8. The van der Waals surface area contributed by atoms with Crippen molar-refractivity contribution >= 4 is 34.3 Å². The number of aryl methyl sites for hydroxylation is 1. The molecular formula is C33H32Cl2FN3O2. The molecule has 1 atom stereocenters. The molecule has 1 aliphatic heterocycles. The van der Waals surface area contributed by atoms with Crippen LogP contribution in [-0.2, 0) is 6.42 Å². The van der Waals surface area contributed by atoms with E-state index in [9.17, 15) is 9.18 Å². The maximum absolute atomic E-state index is 12.6.